The molecule has 1 atom stereocenters. The number of carbonyl (C=O) groups is 1. The standard InChI is InChI=1S/C21H24N4O/c1-13-11-14(2)25-19(23-13)16(12-22-25)20(26)24-18-9-10-21(3,4)17-8-6-5-7-15(17)18/h5-8,11-12,18H,9-10H2,1-4H3,(H,24,26). The minimum absolute atomic E-state index is 0.0209. The molecule has 0 aliphatic heterocycles. The van der Waals surface area contributed by atoms with Crippen molar-refractivity contribution in [1.82, 2.24) is 19.9 Å². The predicted octanol–water partition coefficient (Wildman–Crippen LogP) is 3.89. The van der Waals surface area contributed by atoms with E-state index in [9.17, 15) is 4.79 Å². The second-order valence-corrected chi connectivity index (χ2v) is 7.87. The molecule has 1 unspecified atom stereocenters. The van der Waals surface area contributed by atoms with Crippen LogP contribution in [0.25, 0.3) is 5.65 Å². The molecule has 5 heteroatoms. The van der Waals surface area contributed by atoms with Crippen LogP contribution in [0.15, 0.2) is 36.5 Å². The summed E-state index contributed by atoms with van der Waals surface area (Å²) in [4.78, 5) is 17.5. The third-order valence-electron chi connectivity index (χ3n) is 5.45. The maximum absolute atomic E-state index is 13.0. The van der Waals surface area contributed by atoms with Crippen LogP contribution < -0.4 is 5.32 Å². The first-order chi connectivity index (χ1) is 12.4. The van der Waals surface area contributed by atoms with Gasteiger partial charge in [-0.1, -0.05) is 38.1 Å². The van der Waals surface area contributed by atoms with Crippen LogP contribution in [0, 0.1) is 13.8 Å². The Kier molecular flexibility index (Phi) is 3.83. The summed E-state index contributed by atoms with van der Waals surface area (Å²) in [6, 6.07) is 10.4. The van der Waals surface area contributed by atoms with Crippen molar-refractivity contribution in [3.05, 3.63) is 64.6 Å². The number of aryl methyl sites for hydroxylation is 2. The maximum atomic E-state index is 13.0. The van der Waals surface area contributed by atoms with Crippen molar-refractivity contribution in [3.63, 3.8) is 0 Å². The monoisotopic (exact) mass is 348 g/mol. The summed E-state index contributed by atoms with van der Waals surface area (Å²) in [6.45, 7) is 8.44. The van der Waals surface area contributed by atoms with Crippen molar-refractivity contribution in [1.29, 1.82) is 0 Å². The zero-order valence-electron chi connectivity index (χ0n) is 15.7. The number of amides is 1. The van der Waals surface area contributed by atoms with Gasteiger partial charge in [-0.05, 0) is 49.3 Å². The number of aromatic nitrogens is 3. The van der Waals surface area contributed by atoms with Gasteiger partial charge in [0.25, 0.3) is 5.91 Å². The Bertz CT molecular complexity index is 1000. The Labute approximate surface area is 153 Å². The van der Waals surface area contributed by atoms with Gasteiger partial charge in [0.1, 0.15) is 5.56 Å². The lowest BCUT2D eigenvalue weighted by atomic mass is 9.71. The molecule has 4 rings (SSSR count). The van der Waals surface area contributed by atoms with E-state index in [1.165, 1.54) is 11.1 Å². The third kappa shape index (κ3) is 2.68. The van der Waals surface area contributed by atoms with E-state index < -0.39 is 0 Å². The van der Waals surface area contributed by atoms with Crippen molar-refractivity contribution < 1.29 is 4.79 Å². The Morgan fingerprint density at radius 1 is 1.27 bits per heavy atom. The van der Waals surface area contributed by atoms with Gasteiger partial charge in [0.05, 0.1) is 12.2 Å². The molecule has 134 valence electrons. The number of hydrogen-bond acceptors (Lipinski definition) is 3. The highest BCUT2D eigenvalue weighted by atomic mass is 16.1. The Morgan fingerprint density at radius 3 is 2.85 bits per heavy atom. The Morgan fingerprint density at radius 2 is 2.04 bits per heavy atom. The SMILES string of the molecule is Cc1cc(C)n2ncc(C(=O)NC3CCC(C)(C)c4ccccc43)c2n1. The average molecular weight is 348 g/mol. The van der Waals surface area contributed by atoms with Gasteiger partial charge < -0.3 is 5.32 Å². The molecule has 0 spiro atoms. The first-order valence-electron chi connectivity index (χ1n) is 9.09. The Balaban J connectivity index is 1.68. The minimum Gasteiger partial charge on any atom is -0.345 e. The predicted molar refractivity (Wildman–Crippen MR) is 101 cm³/mol. The van der Waals surface area contributed by atoms with E-state index in [1.54, 1.807) is 10.7 Å². The van der Waals surface area contributed by atoms with Crippen LogP contribution in [-0.2, 0) is 5.41 Å². The molecule has 1 amide bonds. The number of rotatable bonds is 2. The van der Waals surface area contributed by atoms with Crippen LogP contribution in [0.5, 0.6) is 0 Å². The fourth-order valence-corrected chi connectivity index (χ4v) is 4.03. The zero-order chi connectivity index (χ0) is 18.5. The molecule has 1 aliphatic rings. The van der Waals surface area contributed by atoms with E-state index in [1.807, 2.05) is 26.0 Å². The van der Waals surface area contributed by atoms with E-state index in [-0.39, 0.29) is 17.4 Å². The van der Waals surface area contributed by atoms with E-state index in [0.717, 1.165) is 24.2 Å². The topological polar surface area (TPSA) is 59.3 Å². The van der Waals surface area contributed by atoms with Gasteiger partial charge in [0.15, 0.2) is 5.65 Å². The summed E-state index contributed by atoms with van der Waals surface area (Å²) in [5, 5.41) is 7.55. The zero-order valence-corrected chi connectivity index (χ0v) is 15.7. The molecule has 0 bridgehead atoms. The lowest BCUT2D eigenvalue weighted by Crippen LogP contribution is -2.35. The number of fused-ring (bicyclic) bond motifs is 2. The lowest BCUT2D eigenvalue weighted by molar-refractivity contribution is 0.0931. The number of hydrogen-bond donors (Lipinski definition) is 1. The number of nitrogens with one attached hydrogen (secondary N) is 1. The highest BCUT2D eigenvalue weighted by Crippen LogP contribution is 2.41. The van der Waals surface area contributed by atoms with Gasteiger partial charge in [0, 0.05) is 11.4 Å². The molecule has 1 N–H and O–H groups in total. The number of carbonyl (C=O) groups excluding carboxylic acids is 1. The summed E-state index contributed by atoms with van der Waals surface area (Å²) in [6.07, 6.45) is 3.59. The molecular weight excluding hydrogens is 324 g/mol. The van der Waals surface area contributed by atoms with Gasteiger partial charge in [-0.2, -0.15) is 5.10 Å². The molecule has 0 radical (unpaired) electrons. The Hall–Kier alpha value is -2.69. The highest BCUT2D eigenvalue weighted by Gasteiger charge is 2.33. The normalized spacial score (nSPS) is 18.5. The van der Waals surface area contributed by atoms with Gasteiger partial charge in [-0.15, -0.1) is 0 Å². The second kappa shape index (κ2) is 5.94. The van der Waals surface area contributed by atoms with Gasteiger partial charge >= 0.3 is 0 Å². The molecule has 5 nitrogen and oxygen atoms in total. The van der Waals surface area contributed by atoms with E-state index in [0.29, 0.717) is 11.2 Å². The molecule has 1 aliphatic carbocycles. The molecule has 0 saturated carbocycles. The summed E-state index contributed by atoms with van der Waals surface area (Å²) < 4.78 is 1.72. The number of nitrogens with zero attached hydrogens (tertiary/aromatic N) is 3. The van der Waals surface area contributed by atoms with Crippen molar-refractivity contribution in [2.24, 2.45) is 0 Å². The van der Waals surface area contributed by atoms with E-state index in [2.05, 4.69) is 47.4 Å². The van der Waals surface area contributed by atoms with E-state index in [4.69, 9.17) is 0 Å². The van der Waals surface area contributed by atoms with Crippen molar-refractivity contribution in [2.75, 3.05) is 0 Å². The van der Waals surface area contributed by atoms with Gasteiger partial charge in [-0.3, -0.25) is 4.79 Å². The quantitative estimate of drug-likeness (QED) is 0.764. The average Bonchev–Trinajstić information content (AvgIpc) is 3.02. The van der Waals surface area contributed by atoms with Crippen LogP contribution in [0.1, 0.15) is 65.6 Å². The second-order valence-electron chi connectivity index (χ2n) is 7.87. The van der Waals surface area contributed by atoms with E-state index >= 15 is 0 Å². The van der Waals surface area contributed by atoms with Crippen molar-refractivity contribution in [2.45, 2.75) is 52.0 Å². The van der Waals surface area contributed by atoms with Gasteiger partial charge in [0.2, 0.25) is 0 Å². The van der Waals surface area contributed by atoms with Gasteiger partial charge in [-0.25, -0.2) is 9.50 Å². The molecule has 0 fully saturated rings. The lowest BCUT2D eigenvalue weighted by Gasteiger charge is -2.37. The van der Waals surface area contributed by atoms with Crippen LogP contribution in [-0.4, -0.2) is 20.5 Å². The van der Waals surface area contributed by atoms with Crippen LogP contribution in [0.2, 0.25) is 0 Å². The molecule has 2 aromatic heterocycles. The first-order valence-corrected chi connectivity index (χ1v) is 9.09. The summed E-state index contributed by atoms with van der Waals surface area (Å²) >= 11 is 0. The first kappa shape index (κ1) is 16.8. The molecular formula is C21H24N4O. The smallest absolute Gasteiger partial charge is 0.257 e. The summed E-state index contributed by atoms with van der Waals surface area (Å²) in [5.74, 6) is -0.114. The van der Waals surface area contributed by atoms with Crippen LogP contribution in [0.4, 0.5) is 0 Å². The number of benzene rings is 1. The largest absolute Gasteiger partial charge is 0.345 e. The third-order valence-corrected chi connectivity index (χ3v) is 5.45. The highest BCUT2D eigenvalue weighted by molar-refractivity contribution is 5.99. The van der Waals surface area contributed by atoms with Crippen molar-refractivity contribution >= 4 is 11.6 Å². The maximum Gasteiger partial charge on any atom is 0.257 e. The molecule has 26 heavy (non-hydrogen) atoms. The molecule has 1 aromatic carbocycles. The van der Waals surface area contributed by atoms with Crippen molar-refractivity contribution in [3.8, 4) is 0 Å². The molecule has 2 heterocycles. The van der Waals surface area contributed by atoms with Crippen LogP contribution in [0.3, 0.4) is 0 Å². The minimum atomic E-state index is -0.114. The van der Waals surface area contributed by atoms with Crippen LogP contribution >= 0.6 is 0 Å². The molecule has 3 aromatic rings. The molecule has 0 saturated heterocycles. The summed E-state index contributed by atoms with van der Waals surface area (Å²) in [5.41, 5.74) is 5.67. The fourth-order valence-electron chi connectivity index (χ4n) is 4.03. The fraction of sp³-hybridized carbons (Fsp3) is 0.381. The summed E-state index contributed by atoms with van der Waals surface area (Å²) in [7, 11) is 0.